The zero-order valence-electron chi connectivity index (χ0n) is 9.79. The van der Waals surface area contributed by atoms with Crippen molar-refractivity contribution in [2.75, 3.05) is 0 Å². The molecule has 0 aliphatic heterocycles. The smallest absolute Gasteiger partial charge is 0.346 e. The molecule has 0 saturated carbocycles. The fourth-order valence-electron chi connectivity index (χ4n) is 1.89. The highest BCUT2D eigenvalue weighted by Gasteiger charge is 2.28. The van der Waals surface area contributed by atoms with E-state index in [1.807, 2.05) is 0 Å². The number of fused-ring (bicyclic) bond motifs is 1. The first-order chi connectivity index (χ1) is 9.09. The van der Waals surface area contributed by atoms with Crippen LogP contribution in [0.1, 0.15) is 6.42 Å². The average Bonchev–Trinajstić information content (AvgIpc) is 2.65. The maximum atomic E-state index is 13.7. The number of hydrogen-bond donors (Lipinski definition) is 0. The molecule has 0 saturated heterocycles. The number of alkyl halides is 3. The van der Waals surface area contributed by atoms with Gasteiger partial charge in [0.1, 0.15) is 10.7 Å². The minimum Gasteiger partial charge on any atom is -0.346 e. The van der Waals surface area contributed by atoms with Gasteiger partial charge in [-0.25, -0.2) is 12.8 Å². The molecule has 0 unspecified atom stereocenters. The number of rotatable bonds is 3. The van der Waals surface area contributed by atoms with E-state index in [0.717, 1.165) is 16.8 Å². The molecule has 0 N–H and O–H groups in total. The first kappa shape index (κ1) is 15.1. The second-order valence-electron chi connectivity index (χ2n) is 4.12. The van der Waals surface area contributed by atoms with Gasteiger partial charge in [0.05, 0.1) is 17.3 Å². The lowest BCUT2D eigenvalue weighted by Crippen LogP contribution is -2.11. The van der Waals surface area contributed by atoms with E-state index in [0.29, 0.717) is 0 Å². The van der Waals surface area contributed by atoms with E-state index in [1.165, 1.54) is 12.1 Å². The third kappa shape index (κ3) is 3.06. The van der Waals surface area contributed by atoms with Crippen LogP contribution in [0.15, 0.2) is 29.3 Å². The van der Waals surface area contributed by atoms with Crippen molar-refractivity contribution in [2.45, 2.75) is 24.0 Å². The first-order valence-corrected chi connectivity index (χ1v) is 7.69. The average molecular weight is 330 g/mol. The summed E-state index contributed by atoms with van der Waals surface area (Å²) in [6, 6.07) is 3.63. The first-order valence-electron chi connectivity index (χ1n) is 5.38. The van der Waals surface area contributed by atoms with Crippen molar-refractivity contribution >= 4 is 30.6 Å². The van der Waals surface area contributed by atoms with Crippen LogP contribution in [0.3, 0.4) is 0 Å². The second-order valence-corrected chi connectivity index (χ2v) is 6.66. The van der Waals surface area contributed by atoms with Gasteiger partial charge in [-0.15, -0.1) is 0 Å². The van der Waals surface area contributed by atoms with Gasteiger partial charge in [0.15, 0.2) is 0 Å². The Morgan fingerprint density at radius 1 is 1.25 bits per heavy atom. The minimum absolute atomic E-state index is 0.0495. The van der Waals surface area contributed by atoms with E-state index in [4.69, 9.17) is 10.7 Å². The summed E-state index contributed by atoms with van der Waals surface area (Å²) < 4.78 is 74.2. The summed E-state index contributed by atoms with van der Waals surface area (Å²) in [7, 11) is 0.928. The molecule has 0 aliphatic rings. The van der Waals surface area contributed by atoms with Crippen molar-refractivity contribution in [1.82, 2.24) is 4.57 Å². The van der Waals surface area contributed by atoms with Crippen LogP contribution in [0, 0.1) is 5.82 Å². The number of benzene rings is 1. The lowest BCUT2D eigenvalue weighted by molar-refractivity contribution is -0.136. The van der Waals surface area contributed by atoms with E-state index in [9.17, 15) is 26.0 Å². The monoisotopic (exact) mass is 329 g/mol. The molecule has 0 radical (unpaired) electrons. The van der Waals surface area contributed by atoms with Crippen LogP contribution in [0.2, 0.25) is 0 Å². The fraction of sp³-hybridized carbons (Fsp3) is 0.273. The lowest BCUT2D eigenvalue weighted by Gasteiger charge is -2.08. The summed E-state index contributed by atoms with van der Waals surface area (Å²) in [5.74, 6) is -0.854. The maximum Gasteiger partial charge on any atom is 0.390 e. The molecule has 110 valence electrons. The second kappa shape index (κ2) is 4.92. The van der Waals surface area contributed by atoms with Gasteiger partial charge in [-0.1, -0.05) is 6.07 Å². The van der Waals surface area contributed by atoms with E-state index in [-0.39, 0.29) is 10.9 Å². The van der Waals surface area contributed by atoms with E-state index < -0.39 is 38.9 Å². The Kier molecular flexibility index (Phi) is 3.72. The lowest BCUT2D eigenvalue weighted by atomic mass is 10.2. The van der Waals surface area contributed by atoms with Crippen LogP contribution < -0.4 is 0 Å². The SMILES string of the molecule is O=S(=O)(Cl)c1cn(CCC(F)(F)F)c2cccc(F)c12. The summed E-state index contributed by atoms with van der Waals surface area (Å²) in [5, 5.41) is -0.301. The number of aryl methyl sites for hydroxylation is 1. The van der Waals surface area contributed by atoms with Gasteiger partial charge in [-0.05, 0) is 12.1 Å². The van der Waals surface area contributed by atoms with Gasteiger partial charge in [-0.3, -0.25) is 0 Å². The quantitative estimate of drug-likeness (QED) is 0.637. The molecule has 2 aromatic rings. The third-order valence-corrected chi connectivity index (χ3v) is 4.05. The fourth-order valence-corrected chi connectivity index (χ4v) is 2.94. The molecular formula is C11H8ClF4NO2S. The van der Waals surface area contributed by atoms with Gasteiger partial charge in [0.25, 0.3) is 9.05 Å². The molecule has 20 heavy (non-hydrogen) atoms. The Bertz CT molecular complexity index is 752. The van der Waals surface area contributed by atoms with Crippen molar-refractivity contribution in [2.24, 2.45) is 0 Å². The van der Waals surface area contributed by atoms with E-state index in [2.05, 4.69) is 0 Å². The topological polar surface area (TPSA) is 39.1 Å². The number of hydrogen-bond acceptors (Lipinski definition) is 2. The molecular weight excluding hydrogens is 322 g/mol. The number of halogens is 5. The molecule has 0 amide bonds. The molecule has 0 bridgehead atoms. The van der Waals surface area contributed by atoms with Crippen LogP contribution >= 0.6 is 10.7 Å². The van der Waals surface area contributed by atoms with Crippen molar-refractivity contribution in [3.8, 4) is 0 Å². The largest absolute Gasteiger partial charge is 0.390 e. The molecule has 0 fully saturated rings. The van der Waals surface area contributed by atoms with E-state index in [1.54, 1.807) is 0 Å². The molecule has 1 heterocycles. The Balaban J connectivity index is 2.60. The van der Waals surface area contributed by atoms with Crippen LogP contribution in [0.4, 0.5) is 17.6 Å². The molecule has 9 heteroatoms. The summed E-state index contributed by atoms with van der Waals surface area (Å²) in [6.45, 7) is -0.518. The highest BCUT2D eigenvalue weighted by atomic mass is 35.7. The Morgan fingerprint density at radius 3 is 2.45 bits per heavy atom. The van der Waals surface area contributed by atoms with Crippen LogP contribution in [-0.2, 0) is 15.6 Å². The summed E-state index contributed by atoms with van der Waals surface area (Å²) in [6.07, 6.45) is -4.64. The predicted octanol–water partition coefficient (Wildman–Crippen LogP) is 3.66. The van der Waals surface area contributed by atoms with Crippen molar-refractivity contribution < 1.29 is 26.0 Å². The predicted molar refractivity (Wildman–Crippen MR) is 65.6 cm³/mol. The maximum absolute atomic E-state index is 13.7. The summed E-state index contributed by atoms with van der Waals surface area (Å²) in [5.41, 5.74) is 0.0495. The molecule has 2 rings (SSSR count). The standard InChI is InChI=1S/C11H8ClF4NO2S/c12-20(18,19)9-6-17(5-4-11(14,15)16)8-3-1-2-7(13)10(8)9/h1-3,6H,4-5H2. The van der Waals surface area contributed by atoms with Crippen LogP contribution in [0.5, 0.6) is 0 Å². The van der Waals surface area contributed by atoms with Crippen LogP contribution in [0.25, 0.3) is 10.9 Å². The molecule has 0 spiro atoms. The molecule has 3 nitrogen and oxygen atoms in total. The van der Waals surface area contributed by atoms with Crippen molar-refractivity contribution in [3.05, 3.63) is 30.2 Å². The highest BCUT2D eigenvalue weighted by Crippen LogP contribution is 2.31. The highest BCUT2D eigenvalue weighted by molar-refractivity contribution is 8.14. The summed E-state index contributed by atoms with van der Waals surface area (Å²) in [4.78, 5) is -0.533. The van der Waals surface area contributed by atoms with Crippen LogP contribution in [-0.4, -0.2) is 19.2 Å². The van der Waals surface area contributed by atoms with Gasteiger partial charge in [-0.2, -0.15) is 13.2 Å². The molecule has 1 aromatic carbocycles. The Hall–Kier alpha value is -1.28. The zero-order chi connectivity index (χ0) is 15.1. The molecule has 0 atom stereocenters. The number of aromatic nitrogens is 1. The third-order valence-electron chi connectivity index (χ3n) is 2.72. The van der Waals surface area contributed by atoms with Gasteiger partial charge in [0, 0.05) is 23.4 Å². The van der Waals surface area contributed by atoms with Gasteiger partial charge < -0.3 is 4.57 Å². The molecule has 0 aliphatic carbocycles. The van der Waals surface area contributed by atoms with Gasteiger partial charge >= 0.3 is 6.18 Å². The number of nitrogens with zero attached hydrogens (tertiary/aromatic N) is 1. The Morgan fingerprint density at radius 2 is 1.90 bits per heavy atom. The summed E-state index contributed by atoms with van der Waals surface area (Å²) >= 11 is 0. The molecule has 1 aromatic heterocycles. The van der Waals surface area contributed by atoms with Crippen molar-refractivity contribution in [3.63, 3.8) is 0 Å². The zero-order valence-corrected chi connectivity index (χ0v) is 11.4. The minimum atomic E-state index is -4.40. The van der Waals surface area contributed by atoms with E-state index >= 15 is 0 Å². The normalized spacial score (nSPS) is 13.1. The van der Waals surface area contributed by atoms with Gasteiger partial charge in [0.2, 0.25) is 0 Å². The Labute approximate surface area is 116 Å². The van der Waals surface area contributed by atoms with Crippen molar-refractivity contribution in [1.29, 1.82) is 0 Å².